The van der Waals surface area contributed by atoms with E-state index in [0.717, 1.165) is 70.8 Å². The fourth-order valence-corrected chi connectivity index (χ4v) is 5.43. The number of hydrogen-bond acceptors (Lipinski definition) is 8. The van der Waals surface area contributed by atoms with E-state index in [-0.39, 0.29) is 0 Å². The highest BCUT2D eigenvalue weighted by molar-refractivity contribution is 7.16. The zero-order chi connectivity index (χ0) is 26.3. The minimum atomic E-state index is 0.654. The molecule has 2 N–H and O–H groups in total. The molecule has 0 bridgehead atoms. The number of rotatable bonds is 7. The largest absolute Gasteiger partial charge is 0.383 e. The van der Waals surface area contributed by atoms with Crippen molar-refractivity contribution < 1.29 is 9.53 Å². The molecule has 5 heterocycles. The molecule has 1 fully saturated rings. The number of thiazole rings is 1. The number of nitrogens with one attached hydrogen (secondary N) is 2. The zero-order valence-corrected chi connectivity index (χ0v) is 22.8. The molecule has 4 aromatic rings. The number of ether oxygens (including phenoxy) is 1. The summed E-state index contributed by atoms with van der Waals surface area (Å²) >= 11 is 1.63. The number of pyridine rings is 1. The van der Waals surface area contributed by atoms with Crippen molar-refractivity contribution >= 4 is 55.9 Å². The Kier molecular flexibility index (Phi) is 8.65. The molecule has 0 radical (unpaired) electrons. The van der Waals surface area contributed by atoms with Crippen LogP contribution < -0.4 is 5.32 Å². The van der Waals surface area contributed by atoms with Gasteiger partial charge in [0.05, 0.1) is 28.0 Å². The van der Waals surface area contributed by atoms with Crippen LogP contribution in [-0.4, -0.2) is 103 Å². The highest BCUT2D eigenvalue weighted by atomic mass is 32.1. The Balaban J connectivity index is 0.000000226. The molecular weight excluding hydrogens is 498 g/mol. The average molecular weight is 534 g/mol. The number of likely N-dealkylation sites (N-methyl/N-ethyl adjacent to an activating group) is 1. The van der Waals surface area contributed by atoms with E-state index in [2.05, 4.69) is 55.3 Å². The van der Waals surface area contributed by atoms with Crippen LogP contribution in [-0.2, 0) is 9.53 Å². The fourth-order valence-electron chi connectivity index (χ4n) is 4.71. The van der Waals surface area contributed by atoms with E-state index in [1.54, 1.807) is 29.5 Å². The number of piperazine rings is 1. The Hall–Kier alpha value is -3.31. The van der Waals surface area contributed by atoms with Gasteiger partial charge in [-0.25, -0.2) is 9.97 Å². The van der Waals surface area contributed by atoms with Crippen LogP contribution in [0.25, 0.3) is 26.8 Å². The molecule has 9 nitrogen and oxygen atoms in total. The van der Waals surface area contributed by atoms with Gasteiger partial charge in [0.1, 0.15) is 5.65 Å². The first kappa shape index (κ1) is 26.3. The molecule has 200 valence electrons. The van der Waals surface area contributed by atoms with E-state index in [1.807, 2.05) is 23.7 Å². The molecule has 2 aliphatic heterocycles. The molecule has 10 heteroatoms. The third-order valence-corrected chi connectivity index (χ3v) is 7.88. The molecule has 0 spiro atoms. The first-order valence-electron chi connectivity index (χ1n) is 13.0. The second-order valence-electron chi connectivity index (χ2n) is 9.68. The lowest BCUT2D eigenvalue weighted by molar-refractivity contribution is -0.117. The van der Waals surface area contributed by atoms with Crippen molar-refractivity contribution in [3.63, 3.8) is 0 Å². The van der Waals surface area contributed by atoms with Crippen molar-refractivity contribution in [3.05, 3.63) is 53.8 Å². The highest BCUT2D eigenvalue weighted by Gasteiger charge is 2.15. The van der Waals surface area contributed by atoms with Gasteiger partial charge < -0.3 is 24.8 Å². The van der Waals surface area contributed by atoms with E-state index in [4.69, 9.17) is 4.74 Å². The number of aromatic amines is 1. The molecule has 0 saturated carbocycles. The normalized spacial score (nSPS) is 16.8. The maximum atomic E-state index is 10.9. The van der Waals surface area contributed by atoms with Gasteiger partial charge in [0, 0.05) is 75.9 Å². The highest BCUT2D eigenvalue weighted by Crippen LogP contribution is 2.31. The predicted octanol–water partition coefficient (Wildman–Crippen LogP) is 4.04. The summed E-state index contributed by atoms with van der Waals surface area (Å²) in [7, 11) is 3.93. The summed E-state index contributed by atoms with van der Waals surface area (Å²) in [6, 6.07) is 10.3. The van der Waals surface area contributed by atoms with E-state index >= 15 is 0 Å². The van der Waals surface area contributed by atoms with Crippen LogP contribution in [0.4, 0.5) is 11.4 Å². The minimum Gasteiger partial charge on any atom is -0.383 e. The Labute approximate surface area is 227 Å². The smallest absolute Gasteiger partial charge is 0.209 e. The van der Waals surface area contributed by atoms with Crippen LogP contribution >= 0.6 is 11.3 Å². The van der Waals surface area contributed by atoms with Crippen LogP contribution in [0.5, 0.6) is 0 Å². The number of nitrogens with zero attached hydrogens (tertiary/aromatic N) is 5. The molecule has 6 rings (SSSR count). The lowest BCUT2D eigenvalue weighted by Gasteiger charge is -2.31. The second kappa shape index (κ2) is 12.5. The maximum absolute atomic E-state index is 10.9. The van der Waals surface area contributed by atoms with Gasteiger partial charge in [0.25, 0.3) is 0 Å². The Morgan fingerprint density at radius 3 is 2.76 bits per heavy atom. The van der Waals surface area contributed by atoms with E-state index in [1.165, 1.54) is 31.8 Å². The molecule has 2 aliphatic rings. The summed E-state index contributed by atoms with van der Waals surface area (Å²) in [5.41, 5.74) is 8.06. The van der Waals surface area contributed by atoms with Gasteiger partial charge in [-0.1, -0.05) is 6.08 Å². The molecule has 0 unspecified atom stereocenters. The van der Waals surface area contributed by atoms with E-state index < -0.39 is 0 Å². The van der Waals surface area contributed by atoms with Gasteiger partial charge >= 0.3 is 0 Å². The van der Waals surface area contributed by atoms with Crippen molar-refractivity contribution in [3.8, 4) is 0 Å². The van der Waals surface area contributed by atoms with Crippen LogP contribution in [0.1, 0.15) is 12.1 Å². The van der Waals surface area contributed by atoms with Gasteiger partial charge in [0.15, 0.2) is 0 Å². The number of H-pyrrole nitrogens is 1. The first-order chi connectivity index (χ1) is 18.6. The fraction of sp³-hybridized carbons (Fsp3) is 0.393. The van der Waals surface area contributed by atoms with Crippen LogP contribution in [0.3, 0.4) is 0 Å². The van der Waals surface area contributed by atoms with Crippen LogP contribution in [0.2, 0.25) is 0 Å². The number of benzene rings is 1. The SMILES string of the molecule is COCCN1CCN(C)CC1.O=CN1CC=C(c2cc3c(Nc4ccc5ncsc5c4)ccnc3[nH]2)CC1. The number of aromatic nitrogens is 3. The van der Waals surface area contributed by atoms with Crippen LogP contribution in [0.15, 0.2) is 48.1 Å². The number of carbonyl (C=O) groups is 1. The number of anilines is 2. The van der Waals surface area contributed by atoms with Gasteiger partial charge in [-0.3, -0.25) is 9.69 Å². The average Bonchev–Trinajstić information content (AvgIpc) is 3.61. The second-order valence-corrected chi connectivity index (χ2v) is 10.6. The number of methoxy groups -OCH3 is 1. The number of carbonyl (C=O) groups excluding carboxylic acids is 1. The number of amides is 1. The van der Waals surface area contributed by atoms with Crippen molar-refractivity contribution in [2.45, 2.75) is 6.42 Å². The van der Waals surface area contributed by atoms with Crippen molar-refractivity contribution in [2.24, 2.45) is 0 Å². The quantitative estimate of drug-likeness (QED) is 0.347. The summed E-state index contributed by atoms with van der Waals surface area (Å²) in [5.74, 6) is 0. The molecule has 0 aliphatic carbocycles. The third kappa shape index (κ3) is 6.39. The molecule has 0 atom stereocenters. The molecular formula is C28H35N7O2S. The molecule has 1 saturated heterocycles. The number of hydrogen-bond donors (Lipinski definition) is 2. The van der Waals surface area contributed by atoms with Gasteiger partial charge in [0.2, 0.25) is 6.41 Å². The van der Waals surface area contributed by atoms with Crippen molar-refractivity contribution in [1.29, 1.82) is 0 Å². The monoisotopic (exact) mass is 533 g/mol. The molecule has 3 aromatic heterocycles. The van der Waals surface area contributed by atoms with Gasteiger partial charge in [-0.05, 0) is 49.4 Å². The Morgan fingerprint density at radius 2 is 2.00 bits per heavy atom. The lowest BCUT2D eigenvalue weighted by atomic mass is 10.1. The van der Waals surface area contributed by atoms with E-state index in [0.29, 0.717) is 6.54 Å². The molecule has 1 aromatic carbocycles. The lowest BCUT2D eigenvalue weighted by Crippen LogP contribution is -2.45. The third-order valence-electron chi connectivity index (χ3n) is 7.09. The number of fused-ring (bicyclic) bond motifs is 2. The Bertz CT molecular complexity index is 1390. The van der Waals surface area contributed by atoms with Crippen molar-refractivity contribution in [2.75, 3.05) is 71.9 Å². The summed E-state index contributed by atoms with van der Waals surface area (Å²) in [6.07, 6.45) is 5.66. The predicted molar refractivity (Wildman–Crippen MR) is 155 cm³/mol. The standard InChI is InChI=1S/C20H17N5OS.C8H18N2O/c26-12-25-7-4-13(5-8-25)18-10-15-16(3-6-21-20(15)24-18)23-14-1-2-17-19(9-14)27-11-22-17;1-9-3-5-10(6-4-9)7-8-11-2/h1-4,6,9-12H,5,7-8H2,(H2,21,23,24);3-8H2,1-2H3. The minimum absolute atomic E-state index is 0.654. The molecule has 1 amide bonds. The van der Waals surface area contributed by atoms with Crippen molar-refractivity contribution in [1.82, 2.24) is 29.7 Å². The summed E-state index contributed by atoms with van der Waals surface area (Å²) in [6.45, 7) is 8.14. The van der Waals surface area contributed by atoms with Crippen LogP contribution in [0, 0.1) is 0 Å². The first-order valence-corrected chi connectivity index (χ1v) is 13.9. The zero-order valence-electron chi connectivity index (χ0n) is 22.0. The summed E-state index contributed by atoms with van der Waals surface area (Å²) in [5, 5.41) is 4.56. The maximum Gasteiger partial charge on any atom is 0.209 e. The van der Waals surface area contributed by atoms with Gasteiger partial charge in [-0.2, -0.15) is 0 Å². The molecule has 38 heavy (non-hydrogen) atoms. The topological polar surface area (TPSA) is 89.6 Å². The Morgan fingerprint density at radius 1 is 1.13 bits per heavy atom. The van der Waals surface area contributed by atoms with Gasteiger partial charge in [-0.15, -0.1) is 11.3 Å². The summed E-state index contributed by atoms with van der Waals surface area (Å²) in [4.78, 5) is 29.7. The van der Waals surface area contributed by atoms with E-state index in [9.17, 15) is 4.79 Å². The summed E-state index contributed by atoms with van der Waals surface area (Å²) < 4.78 is 6.18.